The molecule has 8 heteroatoms. The number of hydrogen-bond donors (Lipinski definition) is 1. The van der Waals surface area contributed by atoms with Crippen molar-refractivity contribution in [3.8, 4) is 11.1 Å². The lowest BCUT2D eigenvalue weighted by Gasteiger charge is -2.32. The molecule has 0 aliphatic carbocycles. The van der Waals surface area contributed by atoms with Gasteiger partial charge in [0.25, 0.3) is 5.97 Å². The van der Waals surface area contributed by atoms with Gasteiger partial charge < -0.3 is 5.11 Å². The van der Waals surface area contributed by atoms with E-state index < -0.39 is 5.97 Å². The maximum absolute atomic E-state index is 13.3. The van der Waals surface area contributed by atoms with E-state index in [0.29, 0.717) is 22.3 Å². The third-order valence-electron chi connectivity index (χ3n) is 5.49. The molecular weight excluding hydrogens is 473 g/mol. The standard InChI is InChI=1S/C24H17Cl2N3O.C2H4O2/c1-14-11-16-5-2-3-8-21(16)29(24(14)30)23-22-17(6-4-7-20(22)27-13-28-23)15-9-10-18(25)19(26)12-15;1-2(3)4/h2-10,12-14H,11H2,1H3;1H3,(H,3,4). The number of fused-ring (bicyclic) bond motifs is 2. The third kappa shape index (κ3) is 4.60. The van der Waals surface area contributed by atoms with Gasteiger partial charge in [0.15, 0.2) is 5.82 Å². The summed E-state index contributed by atoms with van der Waals surface area (Å²) in [6, 6.07) is 19.3. The number of carboxylic acids is 1. The van der Waals surface area contributed by atoms with Gasteiger partial charge in [-0.2, -0.15) is 0 Å². The molecule has 0 spiro atoms. The number of amides is 1. The smallest absolute Gasteiger partial charge is 0.300 e. The van der Waals surface area contributed by atoms with Gasteiger partial charge in [-0.25, -0.2) is 9.97 Å². The second-order valence-electron chi connectivity index (χ2n) is 7.95. The Labute approximate surface area is 206 Å². The third-order valence-corrected chi connectivity index (χ3v) is 6.22. The molecule has 0 saturated heterocycles. The Kier molecular flexibility index (Phi) is 6.82. The first-order valence-corrected chi connectivity index (χ1v) is 11.3. The van der Waals surface area contributed by atoms with Gasteiger partial charge in [-0.05, 0) is 47.4 Å². The van der Waals surface area contributed by atoms with Gasteiger partial charge in [-0.1, -0.05) is 66.5 Å². The SMILES string of the molecule is CC(=O)O.CC1Cc2ccccc2N(c2ncnc3cccc(-c4ccc(Cl)c(Cl)c4)c23)C1=O. The van der Waals surface area contributed by atoms with Crippen molar-refractivity contribution in [2.45, 2.75) is 20.3 Å². The molecule has 0 bridgehead atoms. The van der Waals surface area contributed by atoms with E-state index in [-0.39, 0.29) is 11.8 Å². The van der Waals surface area contributed by atoms with E-state index in [1.54, 1.807) is 11.0 Å². The van der Waals surface area contributed by atoms with Crippen LogP contribution in [0, 0.1) is 5.92 Å². The quantitative estimate of drug-likeness (QED) is 0.342. The molecule has 2 heterocycles. The number of benzene rings is 3. The van der Waals surface area contributed by atoms with Crippen LogP contribution in [0.3, 0.4) is 0 Å². The summed E-state index contributed by atoms with van der Waals surface area (Å²) in [6.45, 7) is 3.04. The Bertz CT molecular complexity index is 1400. The molecule has 0 fully saturated rings. The van der Waals surface area contributed by atoms with Gasteiger partial charge in [0, 0.05) is 12.8 Å². The highest BCUT2D eigenvalue weighted by atomic mass is 35.5. The molecule has 1 N–H and O–H groups in total. The Morgan fingerprint density at radius 2 is 1.76 bits per heavy atom. The second kappa shape index (κ2) is 9.79. The van der Waals surface area contributed by atoms with Gasteiger partial charge in [-0.15, -0.1) is 0 Å². The number of para-hydroxylation sites is 1. The minimum atomic E-state index is -0.833. The van der Waals surface area contributed by atoms with Crippen LogP contribution < -0.4 is 4.90 Å². The predicted molar refractivity (Wildman–Crippen MR) is 135 cm³/mol. The number of anilines is 2. The fourth-order valence-corrected chi connectivity index (χ4v) is 4.34. The number of nitrogens with zero attached hydrogens (tertiary/aromatic N) is 3. The number of halogens is 2. The first-order valence-electron chi connectivity index (χ1n) is 10.6. The number of carbonyl (C=O) groups is 2. The van der Waals surface area contributed by atoms with E-state index in [2.05, 4.69) is 16.0 Å². The van der Waals surface area contributed by atoms with Crippen molar-refractivity contribution < 1.29 is 14.7 Å². The molecule has 4 aromatic rings. The number of aliphatic carboxylic acids is 1. The van der Waals surface area contributed by atoms with E-state index in [4.69, 9.17) is 33.1 Å². The molecule has 1 unspecified atom stereocenters. The maximum atomic E-state index is 13.3. The fourth-order valence-electron chi connectivity index (χ4n) is 4.04. The molecule has 5 rings (SSSR count). The second-order valence-corrected chi connectivity index (χ2v) is 8.77. The molecule has 1 aliphatic heterocycles. The van der Waals surface area contributed by atoms with Crippen LogP contribution >= 0.6 is 23.2 Å². The molecule has 3 aromatic carbocycles. The summed E-state index contributed by atoms with van der Waals surface area (Å²) in [7, 11) is 0. The lowest BCUT2D eigenvalue weighted by molar-refractivity contribution is -0.134. The molecule has 0 radical (unpaired) electrons. The zero-order valence-electron chi connectivity index (χ0n) is 18.5. The van der Waals surface area contributed by atoms with Crippen molar-refractivity contribution >= 4 is 57.5 Å². The molecule has 172 valence electrons. The minimum Gasteiger partial charge on any atom is -0.481 e. The zero-order valence-corrected chi connectivity index (χ0v) is 20.0. The fraction of sp³-hybridized carbons (Fsp3) is 0.154. The van der Waals surface area contributed by atoms with Crippen LogP contribution in [0.2, 0.25) is 10.0 Å². The normalized spacial score (nSPS) is 14.9. The molecule has 0 saturated carbocycles. The molecule has 1 aliphatic rings. The van der Waals surface area contributed by atoms with Crippen LogP contribution in [0.4, 0.5) is 11.5 Å². The highest BCUT2D eigenvalue weighted by Crippen LogP contribution is 2.41. The Hall–Kier alpha value is -3.48. The Morgan fingerprint density at radius 3 is 2.50 bits per heavy atom. The summed E-state index contributed by atoms with van der Waals surface area (Å²) in [4.78, 5) is 33.1. The summed E-state index contributed by atoms with van der Waals surface area (Å²) in [5.74, 6) is -0.370. The largest absolute Gasteiger partial charge is 0.481 e. The zero-order chi connectivity index (χ0) is 24.4. The first kappa shape index (κ1) is 23.7. The monoisotopic (exact) mass is 493 g/mol. The van der Waals surface area contributed by atoms with Crippen molar-refractivity contribution in [3.05, 3.63) is 82.6 Å². The average molecular weight is 494 g/mol. The van der Waals surface area contributed by atoms with Crippen LogP contribution in [0.5, 0.6) is 0 Å². The molecule has 1 aromatic heterocycles. The van der Waals surface area contributed by atoms with Crippen LogP contribution in [0.15, 0.2) is 67.0 Å². The Balaban J connectivity index is 0.000000636. The van der Waals surface area contributed by atoms with Crippen LogP contribution in [0.1, 0.15) is 19.4 Å². The van der Waals surface area contributed by atoms with Gasteiger partial charge in [0.1, 0.15) is 6.33 Å². The van der Waals surface area contributed by atoms with Crippen LogP contribution in [-0.2, 0) is 16.0 Å². The number of aromatic nitrogens is 2. The van der Waals surface area contributed by atoms with Crippen LogP contribution in [0.25, 0.3) is 22.0 Å². The van der Waals surface area contributed by atoms with E-state index in [0.717, 1.165) is 40.2 Å². The minimum absolute atomic E-state index is 0.0256. The highest BCUT2D eigenvalue weighted by molar-refractivity contribution is 6.42. The molecule has 34 heavy (non-hydrogen) atoms. The molecule has 1 amide bonds. The van der Waals surface area contributed by atoms with Crippen molar-refractivity contribution in [1.82, 2.24) is 9.97 Å². The Morgan fingerprint density at radius 1 is 1.03 bits per heavy atom. The number of carbonyl (C=O) groups excluding carboxylic acids is 1. The highest BCUT2D eigenvalue weighted by Gasteiger charge is 2.33. The average Bonchev–Trinajstić information content (AvgIpc) is 2.81. The summed E-state index contributed by atoms with van der Waals surface area (Å²) in [5, 5.41) is 9.18. The number of carboxylic acid groups (broad SMARTS) is 1. The maximum Gasteiger partial charge on any atom is 0.300 e. The van der Waals surface area contributed by atoms with Crippen molar-refractivity contribution in [2.75, 3.05) is 4.90 Å². The van der Waals surface area contributed by atoms with Crippen molar-refractivity contribution in [1.29, 1.82) is 0 Å². The van der Waals surface area contributed by atoms with Crippen LogP contribution in [-0.4, -0.2) is 27.0 Å². The molecule has 6 nitrogen and oxygen atoms in total. The van der Waals surface area contributed by atoms with Gasteiger partial charge in [0.05, 0.1) is 26.6 Å². The molecular formula is C26H21Cl2N3O3. The lowest BCUT2D eigenvalue weighted by atomic mass is 9.92. The first-order chi connectivity index (χ1) is 16.3. The van der Waals surface area contributed by atoms with E-state index in [9.17, 15) is 4.79 Å². The van der Waals surface area contributed by atoms with Crippen molar-refractivity contribution in [2.24, 2.45) is 5.92 Å². The predicted octanol–water partition coefficient (Wildman–Crippen LogP) is 6.55. The lowest BCUT2D eigenvalue weighted by Crippen LogP contribution is -2.37. The van der Waals surface area contributed by atoms with E-state index in [1.165, 1.54) is 6.33 Å². The van der Waals surface area contributed by atoms with Crippen molar-refractivity contribution in [3.63, 3.8) is 0 Å². The van der Waals surface area contributed by atoms with Gasteiger partial charge in [0.2, 0.25) is 5.91 Å². The summed E-state index contributed by atoms with van der Waals surface area (Å²) < 4.78 is 0. The van der Waals surface area contributed by atoms with Gasteiger partial charge in [-0.3, -0.25) is 14.5 Å². The summed E-state index contributed by atoms with van der Waals surface area (Å²) >= 11 is 12.4. The topological polar surface area (TPSA) is 83.4 Å². The van der Waals surface area contributed by atoms with E-state index in [1.807, 2.05) is 55.5 Å². The number of hydrogen-bond acceptors (Lipinski definition) is 4. The number of rotatable bonds is 2. The summed E-state index contributed by atoms with van der Waals surface area (Å²) in [5.41, 5.74) is 4.53. The van der Waals surface area contributed by atoms with Gasteiger partial charge >= 0.3 is 0 Å². The molecule has 1 atom stereocenters. The van der Waals surface area contributed by atoms with E-state index >= 15 is 0 Å². The summed E-state index contributed by atoms with van der Waals surface area (Å²) in [6.07, 6.45) is 2.22.